The lowest BCUT2D eigenvalue weighted by Crippen LogP contribution is -2.05. The average molecular weight is 266 g/mol. The van der Waals surface area contributed by atoms with Crippen LogP contribution in [0.2, 0.25) is 0 Å². The molecule has 3 heteroatoms. The maximum absolute atomic E-state index is 9.52. The summed E-state index contributed by atoms with van der Waals surface area (Å²) < 4.78 is 2.09. The van der Waals surface area contributed by atoms with Crippen LogP contribution < -0.4 is 0 Å². The van der Waals surface area contributed by atoms with Crippen LogP contribution in [0.25, 0.3) is 11.0 Å². The third kappa shape index (κ3) is 2.32. The first kappa shape index (κ1) is 12.9. The number of aliphatic hydroxyl groups is 1. The summed E-state index contributed by atoms with van der Waals surface area (Å²) in [6, 6.07) is 14.5. The molecule has 0 bridgehead atoms. The number of para-hydroxylation sites is 2. The van der Waals surface area contributed by atoms with Gasteiger partial charge in [0.25, 0.3) is 0 Å². The zero-order valence-electron chi connectivity index (χ0n) is 11.8. The van der Waals surface area contributed by atoms with E-state index < -0.39 is 0 Å². The van der Waals surface area contributed by atoms with Gasteiger partial charge in [0.1, 0.15) is 12.4 Å². The minimum atomic E-state index is -0.0422. The standard InChI is InChI=1S/C17H18N2O/c1-12-7-13(2)9-14(8-12)10-19-16-6-4-3-5-15(16)18-17(19)11-20/h3-9,20H,10-11H2,1-2H3. The summed E-state index contributed by atoms with van der Waals surface area (Å²) in [4.78, 5) is 4.49. The SMILES string of the molecule is Cc1cc(C)cc(Cn2c(CO)nc3ccccc32)c1. The maximum Gasteiger partial charge on any atom is 0.136 e. The molecule has 0 atom stereocenters. The van der Waals surface area contributed by atoms with Crippen LogP contribution in [0.5, 0.6) is 0 Å². The van der Waals surface area contributed by atoms with E-state index in [0.29, 0.717) is 5.82 Å². The summed E-state index contributed by atoms with van der Waals surface area (Å²) in [5.41, 5.74) is 5.75. The number of imidazole rings is 1. The van der Waals surface area contributed by atoms with Gasteiger partial charge in [0, 0.05) is 6.54 Å². The normalized spacial score (nSPS) is 11.2. The Hall–Kier alpha value is -2.13. The van der Waals surface area contributed by atoms with E-state index in [0.717, 1.165) is 17.6 Å². The van der Waals surface area contributed by atoms with Crippen LogP contribution in [0.3, 0.4) is 0 Å². The molecule has 0 aliphatic heterocycles. The highest BCUT2D eigenvalue weighted by atomic mass is 16.3. The number of aliphatic hydroxyl groups excluding tert-OH is 1. The van der Waals surface area contributed by atoms with Gasteiger partial charge in [0.15, 0.2) is 0 Å². The fourth-order valence-corrected chi connectivity index (χ4v) is 2.77. The van der Waals surface area contributed by atoms with Crippen molar-refractivity contribution in [3.8, 4) is 0 Å². The molecule has 2 aromatic carbocycles. The largest absolute Gasteiger partial charge is 0.388 e. The van der Waals surface area contributed by atoms with Crippen LogP contribution in [0, 0.1) is 13.8 Å². The van der Waals surface area contributed by atoms with E-state index in [2.05, 4.69) is 41.6 Å². The molecule has 0 spiro atoms. The van der Waals surface area contributed by atoms with E-state index in [-0.39, 0.29) is 6.61 Å². The van der Waals surface area contributed by atoms with Gasteiger partial charge in [-0.1, -0.05) is 41.5 Å². The summed E-state index contributed by atoms with van der Waals surface area (Å²) in [5.74, 6) is 0.713. The fraction of sp³-hybridized carbons (Fsp3) is 0.235. The topological polar surface area (TPSA) is 38.0 Å². The molecular weight excluding hydrogens is 248 g/mol. The zero-order valence-corrected chi connectivity index (χ0v) is 11.8. The number of fused-ring (bicyclic) bond motifs is 1. The van der Waals surface area contributed by atoms with Crippen LogP contribution in [0.1, 0.15) is 22.5 Å². The van der Waals surface area contributed by atoms with E-state index in [1.54, 1.807) is 0 Å². The molecule has 1 N–H and O–H groups in total. The van der Waals surface area contributed by atoms with Crippen molar-refractivity contribution in [2.45, 2.75) is 27.0 Å². The van der Waals surface area contributed by atoms with Crippen molar-refractivity contribution >= 4 is 11.0 Å². The Morgan fingerprint density at radius 3 is 2.45 bits per heavy atom. The predicted octanol–water partition coefficient (Wildman–Crippen LogP) is 3.19. The molecule has 0 unspecified atom stereocenters. The number of rotatable bonds is 3. The Labute approximate surface area is 118 Å². The third-order valence-electron chi connectivity index (χ3n) is 3.50. The van der Waals surface area contributed by atoms with Gasteiger partial charge in [0.05, 0.1) is 11.0 Å². The lowest BCUT2D eigenvalue weighted by Gasteiger charge is -2.10. The van der Waals surface area contributed by atoms with Crippen molar-refractivity contribution in [1.82, 2.24) is 9.55 Å². The van der Waals surface area contributed by atoms with Gasteiger partial charge in [-0.3, -0.25) is 0 Å². The second kappa shape index (κ2) is 5.10. The molecule has 3 nitrogen and oxygen atoms in total. The summed E-state index contributed by atoms with van der Waals surface area (Å²) in [7, 11) is 0. The van der Waals surface area contributed by atoms with E-state index in [1.165, 1.54) is 16.7 Å². The monoisotopic (exact) mass is 266 g/mol. The quantitative estimate of drug-likeness (QED) is 0.790. The molecule has 3 rings (SSSR count). The van der Waals surface area contributed by atoms with Gasteiger partial charge in [-0.15, -0.1) is 0 Å². The molecular formula is C17H18N2O. The van der Waals surface area contributed by atoms with Crippen molar-refractivity contribution in [2.24, 2.45) is 0 Å². The fourth-order valence-electron chi connectivity index (χ4n) is 2.77. The first-order valence-electron chi connectivity index (χ1n) is 6.79. The molecule has 0 saturated heterocycles. The molecule has 0 aliphatic carbocycles. The van der Waals surface area contributed by atoms with Crippen molar-refractivity contribution < 1.29 is 5.11 Å². The van der Waals surface area contributed by atoms with E-state index >= 15 is 0 Å². The second-order valence-corrected chi connectivity index (χ2v) is 5.26. The predicted molar refractivity (Wildman–Crippen MR) is 80.7 cm³/mol. The van der Waals surface area contributed by atoms with E-state index in [4.69, 9.17) is 0 Å². The minimum absolute atomic E-state index is 0.0422. The van der Waals surface area contributed by atoms with Gasteiger partial charge in [-0.25, -0.2) is 4.98 Å². The Morgan fingerprint density at radius 1 is 1.05 bits per heavy atom. The average Bonchev–Trinajstić information content (AvgIpc) is 2.76. The zero-order chi connectivity index (χ0) is 14.1. The third-order valence-corrected chi connectivity index (χ3v) is 3.50. The summed E-state index contributed by atoms with van der Waals surface area (Å²) in [5, 5.41) is 9.52. The summed E-state index contributed by atoms with van der Waals surface area (Å²) in [6.07, 6.45) is 0. The molecule has 0 radical (unpaired) electrons. The van der Waals surface area contributed by atoms with Crippen LogP contribution >= 0.6 is 0 Å². The van der Waals surface area contributed by atoms with Crippen molar-refractivity contribution in [1.29, 1.82) is 0 Å². The molecule has 1 aromatic heterocycles. The minimum Gasteiger partial charge on any atom is -0.388 e. The highest BCUT2D eigenvalue weighted by molar-refractivity contribution is 5.76. The van der Waals surface area contributed by atoms with Gasteiger partial charge in [-0.2, -0.15) is 0 Å². The molecule has 0 fully saturated rings. The Kier molecular flexibility index (Phi) is 3.28. The Bertz CT molecular complexity index is 739. The smallest absolute Gasteiger partial charge is 0.136 e. The first-order valence-corrected chi connectivity index (χ1v) is 6.79. The van der Waals surface area contributed by atoms with Crippen LogP contribution in [-0.2, 0) is 13.2 Å². The van der Waals surface area contributed by atoms with Crippen molar-refractivity contribution in [2.75, 3.05) is 0 Å². The number of nitrogens with zero attached hydrogens (tertiary/aromatic N) is 2. The van der Waals surface area contributed by atoms with Gasteiger partial charge in [-0.05, 0) is 31.5 Å². The number of aromatic nitrogens is 2. The lowest BCUT2D eigenvalue weighted by molar-refractivity contribution is 0.267. The van der Waals surface area contributed by atoms with Crippen molar-refractivity contribution in [3.05, 3.63) is 65.0 Å². The summed E-state index contributed by atoms with van der Waals surface area (Å²) >= 11 is 0. The summed E-state index contributed by atoms with van der Waals surface area (Å²) in [6.45, 7) is 4.91. The van der Waals surface area contributed by atoms with Gasteiger partial charge < -0.3 is 9.67 Å². The molecule has 3 aromatic rings. The number of benzene rings is 2. The second-order valence-electron chi connectivity index (χ2n) is 5.26. The van der Waals surface area contributed by atoms with Gasteiger partial charge in [0.2, 0.25) is 0 Å². The van der Waals surface area contributed by atoms with Gasteiger partial charge >= 0.3 is 0 Å². The highest BCUT2D eigenvalue weighted by Gasteiger charge is 2.10. The maximum atomic E-state index is 9.52. The Morgan fingerprint density at radius 2 is 1.75 bits per heavy atom. The van der Waals surface area contributed by atoms with E-state index in [9.17, 15) is 5.11 Å². The highest BCUT2D eigenvalue weighted by Crippen LogP contribution is 2.19. The molecule has 1 heterocycles. The number of hydrogen-bond acceptors (Lipinski definition) is 2. The molecule has 20 heavy (non-hydrogen) atoms. The van der Waals surface area contributed by atoms with Crippen molar-refractivity contribution in [3.63, 3.8) is 0 Å². The lowest BCUT2D eigenvalue weighted by atomic mass is 10.1. The van der Waals surface area contributed by atoms with Crippen LogP contribution in [0.15, 0.2) is 42.5 Å². The molecule has 102 valence electrons. The van der Waals surface area contributed by atoms with Crippen LogP contribution in [0.4, 0.5) is 0 Å². The van der Waals surface area contributed by atoms with Crippen LogP contribution in [-0.4, -0.2) is 14.7 Å². The molecule has 0 saturated carbocycles. The first-order chi connectivity index (χ1) is 9.67. The number of hydrogen-bond donors (Lipinski definition) is 1. The number of aryl methyl sites for hydroxylation is 2. The molecule has 0 amide bonds. The Balaban J connectivity index is 2.09. The molecule has 0 aliphatic rings. The van der Waals surface area contributed by atoms with E-state index in [1.807, 2.05) is 24.3 Å².